The first-order valence-electron chi connectivity index (χ1n) is 8.28. The van der Waals surface area contributed by atoms with E-state index in [1.807, 2.05) is 55.5 Å². The molecule has 1 atom stereocenters. The summed E-state index contributed by atoms with van der Waals surface area (Å²) in [5, 5.41) is 6.68. The van der Waals surface area contributed by atoms with Gasteiger partial charge in [-0.05, 0) is 24.1 Å². The second-order valence-electron chi connectivity index (χ2n) is 5.84. The van der Waals surface area contributed by atoms with Crippen LogP contribution in [0, 0.1) is 0 Å². The van der Waals surface area contributed by atoms with Crippen LogP contribution < -0.4 is 10.6 Å². The highest BCUT2D eigenvalue weighted by molar-refractivity contribution is 6.31. The van der Waals surface area contributed by atoms with Crippen LogP contribution in [0.15, 0.2) is 67.0 Å². The van der Waals surface area contributed by atoms with Crippen LogP contribution in [0.25, 0.3) is 0 Å². The summed E-state index contributed by atoms with van der Waals surface area (Å²) in [7, 11) is 0. The lowest BCUT2D eigenvalue weighted by molar-refractivity contribution is 0.0945. The number of aromatic nitrogens is 2. The van der Waals surface area contributed by atoms with E-state index in [2.05, 4.69) is 20.6 Å². The van der Waals surface area contributed by atoms with E-state index in [4.69, 9.17) is 11.6 Å². The topological polar surface area (TPSA) is 66.9 Å². The van der Waals surface area contributed by atoms with Crippen LogP contribution in [0.3, 0.4) is 0 Å². The third kappa shape index (κ3) is 4.58. The SMILES string of the molecule is CC(Nc1cnc(C(=O)NCc2ccccc2Cl)cn1)c1ccccc1. The van der Waals surface area contributed by atoms with Crippen LogP contribution in [-0.4, -0.2) is 15.9 Å². The third-order valence-electron chi connectivity index (χ3n) is 3.95. The van der Waals surface area contributed by atoms with Crippen molar-refractivity contribution >= 4 is 23.3 Å². The van der Waals surface area contributed by atoms with E-state index >= 15 is 0 Å². The molecule has 1 aromatic heterocycles. The van der Waals surface area contributed by atoms with Crippen LogP contribution in [0.1, 0.15) is 34.6 Å². The second kappa shape index (κ2) is 8.45. The molecule has 1 amide bonds. The molecule has 1 unspecified atom stereocenters. The van der Waals surface area contributed by atoms with Gasteiger partial charge < -0.3 is 10.6 Å². The molecule has 2 aromatic carbocycles. The van der Waals surface area contributed by atoms with Gasteiger partial charge in [0.05, 0.1) is 12.4 Å². The fourth-order valence-corrected chi connectivity index (χ4v) is 2.68. The monoisotopic (exact) mass is 366 g/mol. The molecule has 0 spiro atoms. The molecule has 0 bridgehead atoms. The van der Waals surface area contributed by atoms with Gasteiger partial charge in [0.15, 0.2) is 0 Å². The molecule has 2 N–H and O–H groups in total. The van der Waals surface area contributed by atoms with Gasteiger partial charge in [0.1, 0.15) is 11.5 Å². The van der Waals surface area contributed by atoms with Gasteiger partial charge in [-0.25, -0.2) is 9.97 Å². The number of carbonyl (C=O) groups is 1. The molecule has 0 aliphatic carbocycles. The Morgan fingerprint density at radius 3 is 2.46 bits per heavy atom. The molecule has 3 aromatic rings. The largest absolute Gasteiger partial charge is 0.362 e. The lowest BCUT2D eigenvalue weighted by Gasteiger charge is -2.14. The minimum Gasteiger partial charge on any atom is -0.362 e. The maximum Gasteiger partial charge on any atom is 0.271 e. The Balaban J connectivity index is 1.58. The first-order valence-corrected chi connectivity index (χ1v) is 8.66. The van der Waals surface area contributed by atoms with Crippen LogP contribution in [0.4, 0.5) is 5.82 Å². The number of benzene rings is 2. The number of carbonyl (C=O) groups excluding carboxylic acids is 1. The lowest BCUT2D eigenvalue weighted by atomic mass is 10.1. The Hall–Kier alpha value is -2.92. The molecular weight excluding hydrogens is 348 g/mol. The third-order valence-corrected chi connectivity index (χ3v) is 4.31. The van der Waals surface area contributed by atoms with E-state index in [-0.39, 0.29) is 17.6 Å². The Labute approximate surface area is 157 Å². The molecule has 0 aliphatic heterocycles. The summed E-state index contributed by atoms with van der Waals surface area (Å²) in [6.07, 6.45) is 3.02. The molecule has 0 aliphatic rings. The number of rotatable bonds is 6. The van der Waals surface area contributed by atoms with Crippen molar-refractivity contribution in [3.63, 3.8) is 0 Å². The first kappa shape index (κ1) is 17.9. The number of amides is 1. The van der Waals surface area contributed by atoms with Crippen molar-refractivity contribution in [2.24, 2.45) is 0 Å². The number of anilines is 1. The Morgan fingerprint density at radius 2 is 1.77 bits per heavy atom. The van der Waals surface area contributed by atoms with E-state index in [0.29, 0.717) is 17.4 Å². The van der Waals surface area contributed by atoms with Gasteiger partial charge in [-0.2, -0.15) is 0 Å². The van der Waals surface area contributed by atoms with Gasteiger partial charge in [0, 0.05) is 17.6 Å². The Bertz CT molecular complexity index is 868. The molecule has 132 valence electrons. The summed E-state index contributed by atoms with van der Waals surface area (Å²) < 4.78 is 0. The highest BCUT2D eigenvalue weighted by atomic mass is 35.5. The van der Waals surface area contributed by atoms with Crippen molar-refractivity contribution in [3.05, 3.63) is 88.8 Å². The van der Waals surface area contributed by atoms with Crippen LogP contribution in [-0.2, 0) is 6.54 Å². The summed E-state index contributed by atoms with van der Waals surface area (Å²) in [5.74, 6) is 0.323. The van der Waals surface area contributed by atoms with Crippen molar-refractivity contribution in [1.82, 2.24) is 15.3 Å². The lowest BCUT2D eigenvalue weighted by Crippen LogP contribution is -2.24. The van der Waals surface area contributed by atoms with E-state index in [1.54, 1.807) is 12.3 Å². The number of nitrogens with one attached hydrogen (secondary N) is 2. The van der Waals surface area contributed by atoms with Gasteiger partial charge in [-0.1, -0.05) is 60.1 Å². The van der Waals surface area contributed by atoms with Crippen LogP contribution in [0.5, 0.6) is 0 Å². The fraction of sp³-hybridized carbons (Fsp3) is 0.150. The van der Waals surface area contributed by atoms with Gasteiger partial charge in [0.25, 0.3) is 5.91 Å². The van der Waals surface area contributed by atoms with Crippen molar-refractivity contribution in [1.29, 1.82) is 0 Å². The molecule has 1 heterocycles. The molecule has 0 saturated carbocycles. The zero-order valence-corrected chi connectivity index (χ0v) is 15.1. The minimum absolute atomic E-state index is 0.0883. The van der Waals surface area contributed by atoms with Crippen molar-refractivity contribution in [2.45, 2.75) is 19.5 Å². The predicted octanol–water partition coefficient (Wildman–Crippen LogP) is 4.23. The highest BCUT2D eigenvalue weighted by Crippen LogP contribution is 2.17. The highest BCUT2D eigenvalue weighted by Gasteiger charge is 2.10. The molecule has 0 saturated heterocycles. The number of nitrogens with zero attached hydrogens (tertiary/aromatic N) is 2. The average Bonchev–Trinajstić information content (AvgIpc) is 2.68. The van der Waals surface area contributed by atoms with Gasteiger partial charge in [0.2, 0.25) is 0 Å². The summed E-state index contributed by atoms with van der Waals surface area (Å²) in [5.41, 5.74) is 2.26. The van der Waals surface area contributed by atoms with Crippen molar-refractivity contribution in [2.75, 3.05) is 5.32 Å². The van der Waals surface area contributed by atoms with Gasteiger partial charge >= 0.3 is 0 Å². The molecule has 26 heavy (non-hydrogen) atoms. The van der Waals surface area contributed by atoms with Gasteiger partial charge in [-0.15, -0.1) is 0 Å². The van der Waals surface area contributed by atoms with E-state index in [9.17, 15) is 4.79 Å². The molecule has 3 rings (SSSR count). The number of hydrogen-bond acceptors (Lipinski definition) is 4. The zero-order chi connectivity index (χ0) is 18.4. The van der Waals surface area contributed by atoms with Gasteiger partial charge in [-0.3, -0.25) is 4.79 Å². The molecule has 5 nitrogen and oxygen atoms in total. The van der Waals surface area contributed by atoms with E-state index in [0.717, 1.165) is 11.1 Å². The summed E-state index contributed by atoms with van der Waals surface area (Å²) in [4.78, 5) is 20.7. The van der Waals surface area contributed by atoms with Crippen LogP contribution in [0.2, 0.25) is 5.02 Å². The number of halogens is 1. The zero-order valence-electron chi connectivity index (χ0n) is 14.3. The molecular formula is C20H19ClN4O. The van der Waals surface area contributed by atoms with Crippen molar-refractivity contribution in [3.8, 4) is 0 Å². The maximum absolute atomic E-state index is 12.2. The predicted molar refractivity (Wildman–Crippen MR) is 103 cm³/mol. The van der Waals surface area contributed by atoms with Crippen LogP contribution >= 0.6 is 11.6 Å². The van der Waals surface area contributed by atoms with Crippen molar-refractivity contribution < 1.29 is 4.79 Å². The smallest absolute Gasteiger partial charge is 0.271 e. The standard InChI is InChI=1S/C20H19ClN4O/c1-14(15-7-3-2-4-8-15)25-19-13-22-18(12-23-19)20(26)24-11-16-9-5-6-10-17(16)21/h2-10,12-14H,11H2,1H3,(H,23,25)(H,24,26). The van der Waals surface area contributed by atoms with E-state index < -0.39 is 0 Å². The average molecular weight is 367 g/mol. The Morgan fingerprint density at radius 1 is 1.04 bits per heavy atom. The fourth-order valence-electron chi connectivity index (χ4n) is 2.47. The molecule has 0 fully saturated rings. The molecule has 6 heteroatoms. The minimum atomic E-state index is -0.292. The summed E-state index contributed by atoms with van der Waals surface area (Å²) in [6.45, 7) is 2.38. The number of hydrogen-bond donors (Lipinski definition) is 2. The first-order chi connectivity index (χ1) is 12.6. The molecule has 0 radical (unpaired) electrons. The summed E-state index contributed by atoms with van der Waals surface area (Å²) in [6, 6.07) is 17.5. The second-order valence-corrected chi connectivity index (χ2v) is 6.24. The maximum atomic E-state index is 12.2. The van der Waals surface area contributed by atoms with E-state index in [1.165, 1.54) is 6.20 Å². The summed E-state index contributed by atoms with van der Waals surface area (Å²) >= 11 is 6.09. The quantitative estimate of drug-likeness (QED) is 0.685. The normalized spacial score (nSPS) is 11.6. The Kier molecular flexibility index (Phi) is 5.81.